The van der Waals surface area contributed by atoms with Crippen LogP contribution in [0.2, 0.25) is 0 Å². The van der Waals surface area contributed by atoms with E-state index in [-0.39, 0.29) is 23.3 Å². The number of carbonyl (C=O) groups is 2. The summed E-state index contributed by atoms with van der Waals surface area (Å²) < 4.78 is 0. The van der Waals surface area contributed by atoms with Gasteiger partial charge in [0.05, 0.1) is 6.04 Å². The van der Waals surface area contributed by atoms with E-state index in [1.807, 2.05) is 4.90 Å². The van der Waals surface area contributed by atoms with E-state index < -0.39 is 0 Å². The van der Waals surface area contributed by atoms with Crippen LogP contribution in [0.1, 0.15) is 85.5 Å². The average molecular weight is 449 g/mol. The highest BCUT2D eigenvalue weighted by atomic mass is 16.2. The number of nitrogens with one attached hydrogen (secondary N) is 1. The third-order valence-electron chi connectivity index (χ3n) is 7.72. The van der Waals surface area contributed by atoms with E-state index in [2.05, 4.69) is 42.8 Å². The first-order valence-corrected chi connectivity index (χ1v) is 13.3. The van der Waals surface area contributed by atoms with Crippen LogP contribution in [0.5, 0.6) is 0 Å². The van der Waals surface area contributed by atoms with Crippen LogP contribution in [0.15, 0.2) is 0 Å². The lowest BCUT2D eigenvalue weighted by Crippen LogP contribution is -2.58. The number of piperidine rings is 1. The summed E-state index contributed by atoms with van der Waals surface area (Å²) in [6.45, 7) is 14.9. The fourth-order valence-corrected chi connectivity index (χ4v) is 5.85. The monoisotopic (exact) mass is 448 g/mol. The minimum atomic E-state index is -0.0220. The zero-order valence-electron chi connectivity index (χ0n) is 21.2. The van der Waals surface area contributed by atoms with Gasteiger partial charge in [-0.25, -0.2) is 0 Å². The number of rotatable bonds is 8. The number of nitrogens with zero attached hydrogens (tertiary/aromatic N) is 3. The van der Waals surface area contributed by atoms with Crippen molar-refractivity contribution in [1.82, 2.24) is 20.0 Å². The summed E-state index contributed by atoms with van der Waals surface area (Å²) in [5, 5.41) is 3.29. The maximum atomic E-state index is 13.3. The van der Waals surface area contributed by atoms with E-state index in [1.165, 1.54) is 38.6 Å². The molecule has 0 radical (unpaired) electrons. The highest BCUT2D eigenvalue weighted by Crippen LogP contribution is 2.31. The number of piperazine rings is 1. The van der Waals surface area contributed by atoms with E-state index in [0.29, 0.717) is 18.4 Å². The van der Waals surface area contributed by atoms with Gasteiger partial charge in [-0.1, -0.05) is 40.0 Å². The molecule has 2 atom stereocenters. The van der Waals surface area contributed by atoms with E-state index >= 15 is 0 Å². The molecule has 2 heterocycles. The Labute approximate surface area is 196 Å². The topological polar surface area (TPSA) is 55.9 Å². The van der Waals surface area contributed by atoms with Crippen molar-refractivity contribution in [2.24, 2.45) is 11.3 Å². The minimum absolute atomic E-state index is 0.0203. The second-order valence-corrected chi connectivity index (χ2v) is 11.7. The van der Waals surface area contributed by atoms with Crippen molar-refractivity contribution in [2.75, 3.05) is 45.8 Å². The Morgan fingerprint density at radius 1 is 0.938 bits per heavy atom. The summed E-state index contributed by atoms with van der Waals surface area (Å²) in [4.78, 5) is 32.9. The average Bonchev–Trinajstić information content (AvgIpc) is 3.26. The molecule has 0 spiro atoms. The smallest absolute Gasteiger partial charge is 0.237 e. The van der Waals surface area contributed by atoms with Crippen molar-refractivity contribution >= 4 is 11.8 Å². The van der Waals surface area contributed by atoms with E-state index in [9.17, 15) is 9.59 Å². The molecule has 0 unspecified atom stereocenters. The summed E-state index contributed by atoms with van der Waals surface area (Å²) in [6.07, 6.45) is 10.4. The third kappa shape index (κ3) is 7.44. The van der Waals surface area contributed by atoms with Crippen molar-refractivity contribution in [1.29, 1.82) is 0 Å². The molecular formula is C26H48N4O2. The summed E-state index contributed by atoms with van der Waals surface area (Å²) in [6, 6.07) is 0.661. The Morgan fingerprint density at radius 2 is 1.59 bits per heavy atom. The molecule has 3 aliphatic rings. The minimum Gasteiger partial charge on any atom is -0.355 e. The predicted octanol–water partition coefficient (Wildman–Crippen LogP) is 3.51. The second-order valence-electron chi connectivity index (χ2n) is 11.7. The van der Waals surface area contributed by atoms with Crippen molar-refractivity contribution in [2.45, 2.75) is 97.6 Å². The van der Waals surface area contributed by atoms with Gasteiger partial charge in [-0.05, 0) is 56.9 Å². The maximum Gasteiger partial charge on any atom is 0.237 e. The molecule has 0 bridgehead atoms. The number of hydrogen-bond donors (Lipinski definition) is 1. The third-order valence-corrected chi connectivity index (χ3v) is 7.72. The van der Waals surface area contributed by atoms with Crippen LogP contribution in [0.3, 0.4) is 0 Å². The quantitative estimate of drug-likeness (QED) is 0.578. The van der Waals surface area contributed by atoms with Crippen molar-refractivity contribution in [3.05, 3.63) is 0 Å². The van der Waals surface area contributed by atoms with Gasteiger partial charge < -0.3 is 15.1 Å². The zero-order valence-corrected chi connectivity index (χ0v) is 21.2. The number of hydrogen-bond acceptors (Lipinski definition) is 4. The lowest BCUT2D eigenvalue weighted by molar-refractivity contribution is -0.136. The normalized spacial score (nSPS) is 25.1. The maximum absolute atomic E-state index is 13.3. The van der Waals surface area contributed by atoms with Crippen LogP contribution in [-0.4, -0.2) is 84.4 Å². The largest absolute Gasteiger partial charge is 0.355 e. The fraction of sp³-hybridized carbons (Fsp3) is 0.923. The molecule has 32 heavy (non-hydrogen) atoms. The Kier molecular flexibility index (Phi) is 9.42. The number of likely N-dealkylation sites (tertiary alicyclic amines) is 1. The van der Waals surface area contributed by atoms with Gasteiger partial charge in [0.25, 0.3) is 0 Å². The van der Waals surface area contributed by atoms with Crippen LogP contribution < -0.4 is 5.32 Å². The van der Waals surface area contributed by atoms with Gasteiger partial charge in [-0.3, -0.25) is 14.5 Å². The standard InChI is InChI=1S/C26H48N4O2/c1-21-10-7-8-14-28(21)15-9-13-27-25(32)24(22-11-5-6-12-22)30-18-16-29(17-19-30)23(31)20-26(2,3)4/h21-22,24H,5-20H2,1-4H3,(H,27,32)/t21-,24-/m0/s1. The highest BCUT2D eigenvalue weighted by Gasteiger charge is 2.37. The molecule has 3 fully saturated rings. The lowest BCUT2D eigenvalue weighted by Gasteiger charge is -2.41. The summed E-state index contributed by atoms with van der Waals surface area (Å²) in [5.74, 6) is 0.943. The van der Waals surface area contributed by atoms with Crippen LogP contribution >= 0.6 is 0 Å². The molecule has 1 aliphatic carbocycles. The molecule has 6 heteroatoms. The van der Waals surface area contributed by atoms with Gasteiger partial charge in [0.1, 0.15) is 0 Å². The van der Waals surface area contributed by atoms with Gasteiger partial charge in [-0.2, -0.15) is 0 Å². The molecule has 0 aromatic rings. The molecule has 6 nitrogen and oxygen atoms in total. The van der Waals surface area contributed by atoms with Crippen molar-refractivity contribution < 1.29 is 9.59 Å². The van der Waals surface area contributed by atoms with Gasteiger partial charge in [-0.15, -0.1) is 0 Å². The summed E-state index contributed by atoms with van der Waals surface area (Å²) >= 11 is 0. The Hall–Kier alpha value is -1.14. The van der Waals surface area contributed by atoms with Gasteiger partial charge in [0, 0.05) is 51.7 Å². The molecule has 184 valence electrons. The van der Waals surface area contributed by atoms with Crippen LogP contribution in [-0.2, 0) is 9.59 Å². The molecule has 0 aromatic heterocycles. The van der Waals surface area contributed by atoms with Crippen LogP contribution in [0, 0.1) is 11.3 Å². The van der Waals surface area contributed by atoms with Crippen molar-refractivity contribution in [3.63, 3.8) is 0 Å². The Morgan fingerprint density at radius 3 is 2.22 bits per heavy atom. The second kappa shape index (κ2) is 11.8. The fourth-order valence-electron chi connectivity index (χ4n) is 5.85. The van der Waals surface area contributed by atoms with Gasteiger partial charge in [0.15, 0.2) is 0 Å². The highest BCUT2D eigenvalue weighted by molar-refractivity contribution is 5.82. The summed E-state index contributed by atoms with van der Waals surface area (Å²) in [5.41, 5.74) is 0.0203. The van der Waals surface area contributed by atoms with Crippen LogP contribution in [0.25, 0.3) is 0 Å². The first-order chi connectivity index (χ1) is 15.2. The molecule has 2 amide bonds. The Bertz CT molecular complexity index is 603. The van der Waals surface area contributed by atoms with E-state index in [1.54, 1.807) is 0 Å². The molecule has 0 aromatic carbocycles. The predicted molar refractivity (Wildman–Crippen MR) is 130 cm³/mol. The lowest BCUT2D eigenvalue weighted by atomic mass is 9.91. The zero-order chi connectivity index (χ0) is 23.1. The van der Waals surface area contributed by atoms with Crippen molar-refractivity contribution in [3.8, 4) is 0 Å². The molecule has 2 saturated heterocycles. The van der Waals surface area contributed by atoms with Gasteiger partial charge >= 0.3 is 0 Å². The number of carbonyl (C=O) groups excluding carboxylic acids is 2. The molecule has 1 saturated carbocycles. The Balaban J connectivity index is 1.48. The SMILES string of the molecule is C[C@H]1CCCCN1CCCNC(=O)[C@H](C1CCCC1)N1CCN(C(=O)CC(C)(C)C)CC1. The summed E-state index contributed by atoms with van der Waals surface area (Å²) in [7, 11) is 0. The first kappa shape index (κ1) is 25.5. The first-order valence-electron chi connectivity index (χ1n) is 13.3. The van der Waals surface area contributed by atoms with E-state index in [4.69, 9.17) is 0 Å². The van der Waals surface area contributed by atoms with E-state index in [0.717, 1.165) is 58.5 Å². The molecule has 2 aliphatic heterocycles. The van der Waals surface area contributed by atoms with Crippen LogP contribution in [0.4, 0.5) is 0 Å². The molecule has 1 N–H and O–H groups in total. The van der Waals surface area contributed by atoms with Gasteiger partial charge in [0.2, 0.25) is 11.8 Å². The molecule has 3 rings (SSSR count). The number of amides is 2. The molecular weight excluding hydrogens is 400 g/mol.